The van der Waals surface area contributed by atoms with E-state index >= 15 is 0 Å². The predicted molar refractivity (Wildman–Crippen MR) is 88.4 cm³/mol. The Morgan fingerprint density at radius 3 is 2.27 bits per heavy atom. The van der Waals surface area contributed by atoms with Gasteiger partial charge in [-0.1, -0.05) is 12.1 Å². The summed E-state index contributed by atoms with van der Waals surface area (Å²) in [5.74, 6) is -3.17. The molecule has 2 aromatic carbocycles. The first-order chi connectivity index (χ1) is 13.9. The van der Waals surface area contributed by atoms with Crippen molar-refractivity contribution in [1.29, 1.82) is 0 Å². The van der Waals surface area contributed by atoms with Crippen LogP contribution in [0, 0.1) is 5.82 Å². The van der Waals surface area contributed by atoms with Crippen molar-refractivity contribution in [3.63, 3.8) is 0 Å². The summed E-state index contributed by atoms with van der Waals surface area (Å²) in [6, 6.07) is 6.44. The van der Waals surface area contributed by atoms with Gasteiger partial charge >= 0.3 is 12.4 Å². The van der Waals surface area contributed by atoms with Crippen molar-refractivity contribution in [3.8, 4) is 11.6 Å². The molecule has 0 amide bonds. The zero-order chi connectivity index (χ0) is 22.1. The van der Waals surface area contributed by atoms with E-state index in [1.165, 1.54) is 0 Å². The smallest absolute Gasteiger partial charge is 0.419 e. The first kappa shape index (κ1) is 21.2. The van der Waals surface area contributed by atoms with E-state index in [-0.39, 0.29) is 17.1 Å². The van der Waals surface area contributed by atoms with Gasteiger partial charge in [-0.3, -0.25) is 4.79 Å². The Kier molecular flexibility index (Phi) is 5.47. The van der Waals surface area contributed by atoms with Gasteiger partial charge in [-0.25, -0.2) is 14.4 Å². The number of hydrogen-bond donors (Lipinski definition) is 0. The second kappa shape index (κ2) is 7.73. The average Bonchev–Trinajstić information content (AvgIpc) is 2.68. The van der Waals surface area contributed by atoms with E-state index in [0.717, 1.165) is 36.7 Å². The Morgan fingerprint density at radius 2 is 1.60 bits per heavy atom. The van der Waals surface area contributed by atoms with Crippen LogP contribution >= 0.6 is 0 Å². The van der Waals surface area contributed by atoms with Crippen molar-refractivity contribution in [2.45, 2.75) is 12.4 Å². The van der Waals surface area contributed by atoms with E-state index in [2.05, 4.69) is 9.97 Å². The average molecular weight is 430 g/mol. The highest BCUT2D eigenvalue weighted by Crippen LogP contribution is 2.34. The molecule has 0 unspecified atom stereocenters. The minimum Gasteiger partial charge on any atom is -0.439 e. The Bertz CT molecular complexity index is 1090. The molecule has 156 valence electrons. The second-order valence-electron chi connectivity index (χ2n) is 5.89. The van der Waals surface area contributed by atoms with Crippen LogP contribution in [0.3, 0.4) is 0 Å². The molecule has 0 N–H and O–H groups in total. The molecule has 0 atom stereocenters. The van der Waals surface area contributed by atoms with Gasteiger partial charge in [-0.05, 0) is 30.3 Å². The van der Waals surface area contributed by atoms with Crippen LogP contribution in [-0.4, -0.2) is 15.8 Å². The molecule has 0 aliphatic carbocycles. The minimum atomic E-state index is -4.96. The number of hydrogen-bond acceptors (Lipinski definition) is 4. The highest BCUT2D eigenvalue weighted by Gasteiger charge is 2.34. The van der Waals surface area contributed by atoms with Crippen LogP contribution in [0.4, 0.5) is 30.7 Å². The van der Waals surface area contributed by atoms with Gasteiger partial charge in [-0.15, -0.1) is 0 Å². The number of ketones is 1. The second-order valence-corrected chi connectivity index (χ2v) is 5.89. The van der Waals surface area contributed by atoms with Crippen LogP contribution in [0.25, 0.3) is 0 Å². The number of benzene rings is 2. The molecular weight excluding hydrogens is 421 g/mol. The van der Waals surface area contributed by atoms with Gasteiger partial charge in [0.1, 0.15) is 23.6 Å². The summed E-state index contributed by atoms with van der Waals surface area (Å²) in [6.07, 6.45) is -8.76. The molecule has 30 heavy (non-hydrogen) atoms. The first-order valence-electron chi connectivity index (χ1n) is 8.04. The quantitative estimate of drug-likeness (QED) is 0.395. The van der Waals surface area contributed by atoms with Crippen molar-refractivity contribution in [2.24, 2.45) is 0 Å². The van der Waals surface area contributed by atoms with Crippen molar-refractivity contribution >= 4 is 5.78 Å². The van der Waals surface area contributed by atoms with Crippen LogP contribution in [0.2, 0.25) is 0 Å². The minimum absolute atomic E-state index is 0.310. The zero-order valence-electron chi connectivity index (χ0n) is 14.6. The molecule has 0 spiro atoms. The maximum atomic E-state index is 13.4. The molecule has 0 aliphatic rings. The van der Waals surface area contributed by atoms with Crippen molar-refractivity contribution in [1.82, 2.24) is 9.97 Å². The summed E-state index contributed by atoms with van der Waals surface area (Å²) in [4.78, 5) is 19.7. The zero-order valence-corrected chi connectivity index (χ0v) is 14.6. The molecule has 0 fully saturated rings. The normalized spacial score (nSPS) is 12.0. The summed E-state index contributed by atoms with van der Waals surface area (Å²) in [5, 5.41) is 0. The highest BCUT2D eigenvalue weighted by atomic mass is 19.4. The molecule has 11 heteroatoms. The number of alkyl halides is 6. The molecule has 4 nitrogen and oxygen atoms in total. The van der Waals surface area contributed by atoms with Crippen LogP contribution in [-0.2, 0) is 12.4 Å². The summed E-state index contributed by atoms with van der Waals surface area (Å²) in [7, 11) is 0. The maximum Gasteiger partial charge on any atom is 0.419 e. The van der Waals surface area contributed by atoms with E-state index in [0.29, 0.717) is 18.2 Å². The number of nitrogens with zero attached hydrogens (tertiary/aromatic N) is 2. The van der Waals surface area contributed by atoms with Crippen molar-refractivity contribution in [2.75, 3.05) is 0 Å². The predicted octanol–water partition coefficient (Wildman–Crippen LogP) is 5.68. The fourth-order valence-corrected chi connectivity index (χ4v) is 2.41. The molecule has 1 heterocycles. The fraction of sp³-hybridized carbons (Fsp3) is 0.105. The molecule has 0 aliphatic heterocycles. The fourth-order valence-electron chi connectivity index (χ4n) is 2.41. The molecule has 0 bridgehead atoms. The number of aromatic nitrogens is 2. The monoisotopic (exact) mass is 430 g/mol. The lowest BCUT2D eigenvalue weighted by Gasteiger charge is -2.11. The third kappa shape index (κ3) is 4.73. The lowest BCUT2D eigenvalue weighted by Crippen LogP contribution is -2.09. The molecule has 3 rings (SSSR count). The molecule has 1 aromatic heterocycles. The third-order valence-corrected chi connectivity index (χ3v) is 3.79. The summed E-state index contributed by atoms with van der Waals surface area (Å²) in [5.41, 5.74) is -3.26. The maximum absolute atomic E-state index is 13.4. The number of ether oxygens (including phenoxy) is 1. The molecule has 0 saturated carbocycles. The lowest BCUT2D eigenvalue weighted by molar-refractivity contribution is -0.140. The third-order valence-electron chi connectivity index (χ3n) is 3.79. The SMILES string of the molecule is O=C(c1cccc(C(F)(F)F)c1)c1cc(Oc2ccc(F)c(C(F)(F)F)c2)ncn1. The van der Waals surface area contributed by atoms with Crippen LogP contribution < -0.4 is 4.74 Å². The highest BCUT2D eigenvalue weighted by molar-refractivity contribution is 6.07. The lowest BCUT2D eigenvalue weighted by atomic mass is 10.0. The Hall–Kier alpha value is -3.50. The molecular formula is C19H9F7N2O2. The topological polar surface area (TPSA) is 52.1 Å². The van der Waals surface area contributed by atoms with E-state index in [1.54, 1.807) is 0 Å². The van der Waals surface area contributed by atoms with Crippen LogP contribution in [0.15, 0.2) is 54.9 Å². The van der Waals surface area contributed by atoms with Gasteiger partial charge in [-0.2, -0.15) is 26.3 Å². The Labute approximate surface area is 164 Å². The van der Waals surface area contributed by atoms with E-state index in [1.807, 2.05) is 0 Å². The Balaban J connectivity index is 1.88. The van der Waals surface area contributed by atoms with Gasteiger partial charge < -0.3 is 4.74 Å². The first-order valence-corrected chi connectivity index (χ1v) is 8.04. The molecule has 0 radical (unpaired) electrons. The van der Waals surface area contributed by atoms with E-state index < -0.39 is 40.8 Å². The number of halogens is 7. The van der Waals surface area contributed by atoms with Gasteiger partial charge in [0.05, 0.1) is 11.1 Å². The van der Waals surface area contributed by atoms with Crippen LogP contribution in [0.5, 0.6) is 11.6 Å². The standard InChI is InChI=1S/C19H9F7N2O2/c20-14-5-4-12(7-13(14)19(24,25)26)30-16-8-15(27-9-28-16)17(29)10-2-1-3-11(6-10)18(21,22)23/h1-9H. The largest absolute Gasteiger partial charge is 0.439 e. The van der Waals surface area contributed by atoms with Crippen molar-refractivity contribution < 1.29 is 40.3 Å². The van der Waals surface area contributed by atoms with Crippen LogP contribution in [0.1, 0.15) is 27.2 Å². The summed E-state index contributed by atoms with van der Waals surface area (Å²) >= 11 is 0. The molecule has 0 saturated heterocycles. The van der Waals surface area contributed by atoms with Gasteiger partial charge in [0, 0.05) is 11.6 Å². The van der Waals surface area contributed by atoms with Gasteiger partial charge in [0.2, 0.25) is 11.7 Å². The van der Waals surface area contributed by atoms with Crippen molar-refractivity contribution in [3.05, 3.63) is 83.1 Å². The number of rotatable bonds is 4. The summed E-state index contributed by atoms with van der Waals surface area (Å²) in [6.45, 7) is 0. The van der Waals surface area contributed by atoms with E-state index in [9.17, 15) is 35.5 Å². The Morgan fingerprint density at radius 1 is 0.867 bits per heavy atom. The number of carbonyl (C=O) groups is 1. The van der Waals surface area contributed by atoms with Gasteiger partial charge in [0.25, 0.3) is 0 Å². The van der Waals surface area contributed by atoms with Gasteiger partial charge in [0.15, 0.2) is 0 Å². The summed E-state index contributed by atoms with van der Waals surface area (Å²) < 4.78 is 95.3. The molecule has 3 aromatic rings. The number of carbonyl (C=O) groups excluding carboxylic acids is 1. The van der Waals surface area contributed by atoms with E-state index in [4.69, 9.17) is 4.74 Å².